The number of nitrogens with one attached hydrogen (secondary N) is 1. The maximum absolute atomic E-state index is 11.9. The zero-order chi connectivity index (χ0) is 17.6. The molecule has 1 amide bonds. The summed E-state index contributed by atoms with van der Waals surface area (Å²) in [6.07, 6.45) is 7.81. The Hall–Kier alpha value is -3.22. The third kappa shape index (κ3) is 4.41. The van der Waals surface area contributed by atoms with Gasteiger partial charge in [0.1, 0.15) is 17.4 Å². The minimum atomic E-state index is -0.149. The van der Waals surface area contributed by atoms with E-state index in [-0.39, 0.29) is 5.91 Å². The molecule has 0 aliphatic heterocycles. The molecule has 0 atom stereocenters. The van der Waals surface area contributed by atoms with Crippen molar-refractivity contribution in [3.63, 3.8) is 0 Å². The van der Waals surface area contributed by atoms with Gasteiger partial charge in [-0.1, -0.05) is 0 Å². The number of nitrogen functional groups attached to an aromatic ring is 1. The molecule has 3 rings (SSSR count). The summed E-state index contributed by atoms with van der Waals surface area (Å²) in [6.45, 7) is 2.28. The van der Waals surface area contributed by atoms with Crippen LogP contribution < -0.4 is 11.1 Å². The van der Waals surface area contributed by atoms with Gasteiger partial charge in [-0.15, -0.1) is 0 Å². The monoisotopic (exact) mass is 337 g/mol. The first-order chi connectivity index (χ1) is 12.1. The zero-order valence-corrected chi connectivity index (χ0v) is 13.9. The molecule has 3 N–H and O–H groups in total. The predicted octanol–water partition coefficient (Wildman–Crippen LogP) is 1.92. The topological polar surface area (TPSA) is 107 Å². The molecule has 0 fully saturated rings. The molecule has 0 saturated carbocycles. The molecule has 0 aliphatic rings. The van der Waals surface area contributed by atoms with Crippen LogP contribution in [0.1, 0.15) is 33.1 Å². The van der Waals surface area contributed by atoms with E-state index in [0.29, 0.717) is 36.6 Å². The minimum Gasteiger partial charge on any atom is -0.469 e. The molecule has 0 aromatic carbocycles. The summed E-state index contributed by atoms with van der Waals surface area (Å²) < 4.78 is 5.54. The number of amides is 1. The highest BCUT2D eigenvalue weighted by Crippen LogP contribution is 2.16. The number of aromatic nitrogens is 3. The predicted molar refractivity (Wildman–Crippen MR) is 93.0 cm³/mol. The fourth-order valence-electron chi connectivity index (χ4n) is 2.42. The highest BCUT2D eigenvalue weighted by molar-refractivity contribution is 5.93. The number of nitrogens with zero attached hydrogens (tertiary/aromatic N) is 3. The van der Waals surface area contributed by atoms with Gasteiger partial charge in [0.05, 0.1) is 11.8 Å². The average molecular weight is 337 g/mol. The zero-order valence-electron chi connectivity index (χ0n) is 13.9. The molecule has 0 unspecified atom stereocenters. The molecule has 128 valence electrons. The number of rotatable bonds is 6. The van der Waals surface area contributed by atoms with E-state index >= 15 is 0 Å². The normalized spacial score (nSPS) is 10.6. The lowest BCUT2D eigenvalue weighted by Gasteiger charge is -2.03. The molecule has 3 aromatic rings. The molecule has 0 spiro atoms. The van der Waals surface area contributed by atoms with Gasteiger partial charge in [-0.2, -0.15) is 0 Å². The average Bonchev–Trinajstić information content (AvgIpc) is 3.05. The van der Waals surface area contributed by atoms with Crippen molar-refractivity contribution in [1.82, 2.24) is 20.3 Å². The number of carbonyl (C=O) groups excluding carboxylic acids is 1. The van der Waals surface area contributed by atoms with E-state index in [2.05, 4.69) is 20.3 Å². The highest BCUT2D eigenvalue weighted by atomic mass is 16.3. The second-order valence-electron chi connectivity index (χ2n) is 5.67. The molecule has 0 radical (unpaired) electrons. The molecule has 0 bridgehead atoms. The summed E-state index contributed by atoms with van der Waals surface area (Å²) in [6, 6.07) is 5.41. The maximum Gasteiger partial charge on any atom is 0.252 e. The standard InChI is InChI=1S/C18H19N5O2/c1-12-22-10-15(17(19)23-12)7-13-8-16(25-11-13)4-6-21-18(24)14-3-2-5-20-9-14/h2-3,5,8-11H,4,6-7H2,1H3,(H,21,24)(H2,19,22,23). The third-order valence-electron chi connectivity index (χ3n) is 3.70. The first kappa shape index (κ1) is 16.6. The Kier molecular flexibility index (Phi) is 5.03. The second kappa shape index (κ2) is 7.57. The van der Waals surface area contributed by atoms with Gasteiger partial charge in [-0.3, -0.25) is 9.78 Å². The number of furan rings is 1. The number of carbonyl (C=O) groups is 1. The summed E-state index contributed by atoms with van der Waals surface area (Å²) in [7, 11) is 0. The SMILES string of the molecule is Cc1ncc(Cc2coc(CCNC(=O)c3cccnc3)c2)c(N)n1. The van der Waals surface area contributed by atoms with E-state index in [4.69, 9.17) is 10.2 Å². The Morgan fingerprint density at radius 1 is 1.36 bits per heavy atom. The Labute approximate surface area is 145 Å². The van der Waals surface area contributed by atoms with Crippen molar-refractivity contribution >= 4 is 11.7 Å². The lowest BCUT2D eigenvalue weighted by Crippen LogP contribution is -2.25. The van der Waals surface area contributed by atoms with Crippen molar-refractivity contribution in [3.8, 4) is 0 Å². The molecular formula is C18H19N5O2. The Morgan fingerprint density at radius 2 is 2.24 bits per heavy atom. The number of hydrogen-bond donors (Lipinski definition) is 2. The van der Waals surface area contributed by atoms with Crippen LogP contribution in [0.15, 0.2) is 47.5 Å². The van der Waals surface area contributed by atoms with E-state index < -0.39 is 0 Å². The van der Waals surface area contributed by atoms with Crippen LogP contribution in [0.25, 0.3) is 0 Å². The maximum atomic E-state index is 11.9. The smallest absolute Gasteiger partial charge is 0.252 e. The quantitative estimate of drug-likeness (QED) is 0.711. The summed E-state index contributed by atoms with van der Waals surface area (Å²) in [4.78, 5) is 24.2. The minimum absolute atomic E-state index is 0.149. The Balaban J connectivity index is 1.52. The first-order valence-electron chi connectivity index (χ1n) is 7.94. The van der Waals surface area contributed by atoms with Gasteiger partial charge in [-0.25, -0.2) is 9.97 Å². The van der Waals surface area contributed by atoms with Crippen molar-refractivity contribution in [1.29, 1.82) is 0 Å². The van der Waals surface area contributed by atoms with Gasteiger partial charge in [0.25, 0.3) is 5.91 Å². The van der Waals surface area contributed by atoms with E-state index in [1.165, 1.54) is 6.20 Å². The van der Waals surface area contributed by atoms with Gasteiger partial charge >= 0.3 is 0 Å². The van der Waals surface area contributed by atoms with E-state index in [9.17, 15) is 4.79 Å². The summed E-state index contributed by atoms with van der Waals surface area (Å²) >= 11 is 0. The van der Waals surface area contributed by atoms with Gasteiger partial charge in [0.15, 0.2) is 0 Å². The Morgan fingerprint density at radius 3 is 3.00 bits per heavy atom. The van der Waals surface area contributed by atoms with E-state index in [1.54, 1.807) is 37.7 Å². The number of anilines is 1. The fourth-order valence-corrected chi connectivity index (χ4v) is 2.42. The molecule has 25 heavy (non-hydrogen) atoms. The van der Waals surface area contributed by atoms with Gasteiger partial charge in [0.2, 0.25) is 0 Å². The van der Waals surface area contributed by atoms with Gasteiger partial charge in [0, 0.05) is 43.5 Å². The molecule has 0 aliphatic carbocycles. The largest absolute Gasteiger partial charge is 0.469 e. The lowest BCUT2D eigenvalue weighted by atomic mass is 10.1. The summed E-state index contributed by atoms with van der Waals surface area (Å²) in [5.74, 6) is 1.79. The van der Waals surface area contributed by atoms with Crippen LogP contribution in [-0.2, 0) is 12.8 Å². The van der Waals surface area contributed by atoms with Crippen LogP contribution in [0.2, 0.25) is 0 Å². The first-order valence-corrected chi connectivity index (χ1v) is 7.94. The number of hydrogen-bond acceptors (Lipinski definition) is 6. The molecule has 3 heterocycles. The summed E-state index contributed by atoms with van der Waals surface area (Å²) in [5.41, 5.74) is 8.31. The van der Waals surface area contributed by atoms with Gasteiger partial charge < -0.3 is 15.5 Å². The van der Waals surface area contributed by atoms with Crippen molar-refractivity contribution in [2.45, 2.75) is 19.8 Å². The molecule has 3 aromatic heterocycles. The van der Waals surface area contributed by atoms with Crippen LogP contribution in [0, 0.1) is 6.92 Å². The highest BCUT2D eigenvalue weighted by Gasteiger charge is 2.08. The second-order valence-corrected chi connectivity index (χ2v) is 5.67. The van der Waals surface area contributed by atoms with Crippen LogP contribution >= 0.6 is 0 Å². The van der Waals surface area contributed by atoms with Crippen LogP contribution in [0.3, 0.4) is 0 Å². The molecule has 7 nitrogen and oxygen atoms in total. The van der Waals surface area contributed by atoms with E-state index in [0.717, 1.165) is 16.9 Å². The van der Waals surface area contributed by atoms with E-state index in [1.807, 2.05) is 6.07 Å². The van der Waals surface area contributed by atoms with Gasteiger partial charge in [-0.05, 0) is 30.7 Å². The molecule has 7 heteroatoms. The number of nitrogens with two attached hydrogens (primary N) is 1. The third-order valence-corrected chi connectivity index (χ3v) is 3.70. The van der Waals surface area contributed by atoms with Crippen LogP contribution in [0.4, 0.5) is 5.82 Å². The van der Waals surface area contributed by atoms with Crippen LogP contribution in [0.5, 0.6) is 0 Å². The van der Waals surface area contributed by atoms with Crippen molar-refractivity contribution < 1.29 is 9.21 Å². The van der Waals surface area contributed by atoms with Crippen molar-refractivity contribution in [2.24, 2.45) is 0 Å². The van der Waals surface area contributed by atoms with Crippen molar-refractivity contribution in [2.75, 3.05) is 12.3 Å². The number of pyridine rings is 1. The molecular weight excluding hydrogens is 318 g/mol. The fraction of sp³-hybridized carbons (Fsp3) is 0.222. The Bertz CT molecular complexity index is 861. The lowest BCUT2D eigenvalue weighted by molar-refractivity contribution is 0.0953. The summed E-state index contributed by atoms with van der Waals surface area (Å²) in [5, 5.41) is 2.84. The number of aryl methyl sites for hydroxylation is 1. The van der Waals surface area contributed by atoms with Crippen LogP contribution in [-0.4, -0.2) is 27.4 Å². The van der Waals surface area contributed by atoms with Crippen molar-refractivity contribution in [3.05, 3.63) is 71.3 Å². The molecule has 0 saturated heterocycles.